The van der Waals surface area contributed by atoms with Crippen molar-refractivity contribution >= 4 is 0 Å². The van der Waals surface area contributed by atoms with Crippen molar-refractivity contribution in [2.75, 3.05) is 0 Å². The Morgan fingerprint density at radius 1 is 0.688 bits per heavy atom. The van der Waals surface area contributed by atoms with Crippen molar-refractivity contribution in [2.45, 2.75) is 91.9 Å². The Morgan fingerprint density at radius 2 is 1.25 bits per heavy atom. The molecule has 0 saturated heterocycles. The predicted molar refractivity (Wildman–Crippen MR) is 75.8 cm³/mol. The van der Waals surface area contributed by atoms with Gasteiger partial charge in [-0.15, -0.1) is 0 Å². The highest BCUT2D eigenvalue weighted by Gasteiger charge is 2.14. The molecule has 0 aliphatic heterocycles. The van der Waals surface area contributed by atoms with Crippen LogP contribution >= 0.6 is 0 Å². The lowest BCUT2D eigenvalue weighted by Crippen LogP contribution is -2.11. The van der Waals surface area contributed by atoms with E-state index in [1.165, 1.54) is 64.2 Å². The molecule has 0 amide bonds. The van der Waals surface area contributed by atoms with Crippen LogP contribution < -0.4 is 0 Å². The minimum Gasteiger partial charge on any atom is -0.0654 e. The third-order valence-corrected chi connectivity index (χ3v) is 4.02. The zero-order valence-corrected chi connectivity index (χ0v) is 12.2. The summed E-state index contributed by atoms with van der Waals surface area (Å²) in [4.78, 5) is 0. The first kappa shape index (κ1) is 16.0. The van der Waals surface area contributed by atoms with Gasteiger partial charge in [-0.3, -0.25) is 0 Å². The molecule has 0 spiro atoms. The molecular formula is C16H34. The standard InChI is InChI=1S/C16H34/c1-5-8-10-12-13-15(4)16(7-3)14-11-9-6-2/h15-16H,5-14H2,1-4H3. The maximum absolute atomic E-state index is 2.48. The van der Waals surface area contributed by atoms with Crippen LogP contribution in [0.25, 0.3) is 0 Å². The maximum Gasteiger partial charge on any atom is -0.0391 e. The average Bonchev–Trinajstić information content (AvgIpc) is 2.30. The Bertz CT molecular complexity index is 128. The molecule has 0 aliphatic carbocycles. The molecule has 0 aromatic heterocycles. The van der Waals surface area contributed by atoms with Gasteiger partial charge < -0.3 is 0 Å². The molecule has 0 saturated carbocycles. The van der Waals surface area contributed by atoms with Crippen molar-refractivity contribution < 1.29 is 0 Å². The SMILES string of the molecule is CCCCCCC(C)C(CC)CCCCC. The van der Waals surface area contributed by atoms with Crippen molar-refractivity contribution in [3.8, 4) is 0 Å². The number of unbranched alkanes of at least 4 members (excludes halogenated alkanes) is 5. The second-order valence-corrected chi connectivity index (χ2v) is 5.49. The first-order chi connectivity index (χ1) is 7.76. The van der Waals surface area contributed by atoms with E-state index >= 15 is 0 Å². The molecule has 0 heteroatoms. The smallest absolute Gasteiger partial charge is 0.0391 e. The fourth-order valence-corrected chi connectivity index (χ4v) is 2.68. The molecule has 0 aromatic carbocycles. The van der Waals surface area contributed by atoms with E-state index in [-0.39, 0.29) is 0 Å². The molecule has 0 bridgehead atoms. The lowest BCUT2D eigenvalue weighted by Gasteiger charge is -2.22. The zero-order chi connectivity index (χ0) is 12.2. The molecule has 0 fully saturated rings. The molecule has 98 valence electrons. The number of hydrogen-bond acceptors (Lipinski definition) is 0. The molecule has 0 nitrogen and oxygen atoms in total. The van der Waals surface area contributed by atoms with Crippen LogP contribution in [0.2, 0.25) is 0 Å². The van der Waals surface area contributed by atoms with Gasteiger partial charge in [-0.05, 0) is 11.8 Å². The first-order valence-electron chi connectivity index (χ1n) is 7.76. The van der Waals surface area contributed by atoms with Crippen molar-refractivity contribution in [1.29, 1.82) is 0 Å². The molecule has 16 heavy (non-hydrogen) atoms. The zero-order valence-electron chi connectivity index (χ0n) is 12.2. The van der Waals surface area contributed by atoms with E-state index < -0.39 is 0 Å². The van der Waals surface area contributed by atoms with Gasteiger partial charge in [0.05, 0.1) is 0 Å². The first-order valence-corrected chi connectivity index (χ1v) is 7.76. The van der Waals surface area contributed by atoms with Crippen LogP contribution in [-0.2, 0) is 0 Å². The van der Waals surface area contributed by atoms with E-state index in [0.29, 0.717) is 0 Å². The van der Waals surface area contributed by atoms with Crippen molar-refractivity contribution in [3.63, 3.8) is 0 Å². The van der Waals surface area contributed by atoms with Crippen LogP contribution in [0.15, 0.2) is 0 Å². The Kier molecular flexibility index (Phi) is 11.5. The highest BCUT2D eigenvalue weighted by atomic mass is 14.2. The second kappa shape index (κ2) is 11.5. The summed E-state index contributed by atoms with van der Waals surface area (Å²) >= 11 is 0. The summed E-state index contributed by atoms with van der Waals surface area (Å²) in [6, 6.07) is 0. The Hall–Kier alpha value is 0. The molecule has 0 radical (unpaired) electrons. The molecule has 0 heterocycles. The lowest BCUT2D eigenvalue weighted by atomic mass is 9.84. The highest BCUT2D eigenvalue weighted by molar-refractivity contribution is 4.65. The number of rotatable bonds is 11. The summed E-state index contributed by atoms with van der Waals surface area (Å²) < 4.78 is 0. The topological polar surface area (TPSA) is 0 Å². The maximum atomic E-state index is 2.48. The quantitative estimate of drug-likeness (QED) is 0.368. The van der Waals surface area contributed by atoms with Gasteiger partial charge >= 0.3 is 0 Å². The molecule has 2 atom stereocenters. The van der Waals surface area contributed by atoms with Gasteiger partial charge in [-0.1, -0.05) is 91.9 Å². The normalized spacial score (nSPS) is 15.0. The van der Waals surface area contributed by atoms with Gasteiger partial charge in [0.1, 0.15) is 0 Å². The van der Waals surface area contributed by atoms with Crippen LogP contribution in [0.5, 0.6) is 0 Å². The highest BCUT2D eigenvalue weighted by Crippen LogP contribution is 2.26. The minimum absolute atomic E-state index is 0.957. The van der Waals surface area contributed by atoms with Crippen molar-refractivity contribution in [3.05, 3.63) is 0 Å². The lowest BCUT2D eigenvalue weighted by molar-refractivity contribution is 0.292. The van der Waals surface area contributed by atoms with E-state index in [4.69, 9.17) is 0 Å². The van der Waals surface area contributed by atoms with Crippen LogP contribution in [0.3, 0.4) is 0 Å². The molecule has 0 aliphatic rings. The minimum atomic E-state index is 0.957. The van der Waals surface area contributed by atoms with E-state index in [1.807, 2.05) is 0 Å². The van der Waals surface area contributed by atoms with E-state index in [1.54, 1.807) is 0 Å². The molecular weight excluding hydrogens is 192 g/mol. The summed E-state index contributed by atoms with van der Waals surface area (Å²) in [5, 5.41) is 0. The van der Waals surface area contributed by atoms with E-state index in [0.717, 1.165) is 11.8 Å². The van der Waals surface area contributed by atoms with Crippen molar-refractivity contribution in [2.24, 2.45) is 11.8 Å². The van der Waals surface area contributed by atoms with Crippen LogP contribution in [0, 0.1) is 11.8 Å². The molecule has 2 unspecified atom stereocenters. The fourth-order valence-electron chi connectivity index (χ4n) is 2.68. The summed E-state index contributed by atoms with van der Waals surface area (Å²) in [7, 11) is 0. The molecule has 0 aromatic rings. The van der Waals surface area contributed by atoms with Gasteiger partial charge in [-0.25, -0.2) is 0 Å². The Labute approximate surface area is 104 Å². The predicted octanol–water partition coefficient (Wildman–Crippen LogP) is 6.20. The third-order valence-electron chi connectivity index (χ3n) is 4.02. The number of hydrogen-bond donors (Lipinski definition) is 0. The van der Waals surface area contributed by atoms with Gasteiger partial charge in [0.25, 0.3) is 0 Å². The van der Waals surface area contributed by atoms with Crippen LogP contribution in [0.4, 0.5) is 0 Å². The van der Waals surface area contributed by atoms with Gasteiger partial charge in [0.2, 0.25) is 0 Å². The van der Waals surface area contributed by atoms with Gasteiger partial charge in [-0.2, -0.15) is 0 Å². The van der Waals surface area contributed by atoms with Gasteiger partial charge in [0.15, 0.2) is 0 Å². The summed E-state index contributed by atoms with van der Waals surface area (Å²) in [6.07, 6.45) is 14.3. The van der Waals surface area contributed by atoms with Gasteiger partial charge in [0, 0.05) is 0 Å². The summed E-state index contributed by atoms with van der Waals surface area (Å²) in [6.45, 7) is 9.45. The fraction of sp³-hybridized carbons (Fsp3) is 1.00. The monoisotopic (exact) mass is 226 g/mol. The average molecular weight is 226 g/mol. The summed E-state index contributed by atoms with van der Waals surface area (Å²) in [5.41, 5.74) is 0. The van der Waals surface area contributed by atoms with E-state index in [2.05, 4.69) is 27.7 Å². The summed E-state index contributed by atoms with van der Waals surface area (Å²) in [5.74, 6) is 1.95. The van der Waals surface area contributed by atoms with Crippen molar-refractivity contribution in [1.82, 2.24) is 0 Å². The third kappa shape index (κ3) is 8.19. The van der Waals surface area contributed by atoms with Crippen LogP contribution in [-0.4, -0.2) is 0 Å². The molecule has 0 rings (SSSR count). The van der Waals surface area contributed by atoms with Crippen LogP contribution in [0.1, 0.15) is 91.9 Å². The Morgan fingerprint density at radius 3 is 1.81 bits per heavy atom. The Balaban J connectivity index is 3.60. The largest absolute Gasteiger partial charge is 0.0654 e. The second-order valence-electron chi connectivity index (χ2n) is 5.49. The van der Waals surface area contributed by atoms with E-state index in [9.17, 15) is 0 Å². The molecule has 0 N–H and O–H groups in total.